The van der Waals surface area contributed by atoms with Gasteiger partial charge in [0.15, 0.2) is 0 Å². The van der Waals surface area contributed by atoms with Gasteiger partial charge in [-0.05, 0) is 44.5 Å². The standard InChI is InChI=1S/C14H15NO3S3/c1-8-3-5-12(19-8)10-7-11(10)14(16)15-21(17,18)13-6-4-9(2)20-13/h3-6,10-11H,7H2,1-2H3,(H,15,16)/t10-,11+/m1/s1. The van der Waals surface area contributed by atoms with Crippen molar-refractivity contribution in [1.82, 2.24) is 4.72 Å². The molecule has 0 spiro atoms. The third kappa shape index (κ3) is 3.04. The fraction of sp³-hybridized carbons (Fsp3) is 0.357. The number of amides is 1. The molecule has 0 saturated heterocycles. The van der Waals surface area contributed by atoms with E-state index >= 15 is 0 Å². The van der Waals surface area contributed by atoms with E-state index in [9.17, 15) is 13.2 Å². The Balaban J connectivity index is 1.68. The number of carbonyl (C=O) groups excluding carboxylic acids is 1. The van der Waals surface area contributed by atoms with E-state index in [1.54, 1.807) is 17.4 Å². The molecule has 1 aliphatic rings. The monoisotopic (exact) mass is 341 g/mol. The Kier molecular flexibility index (Phi) is 3.67. The van der Waals surface area contributed by atoms with Crippen LogP contribution in [0, 0.1) is 19.8 Å². The van der Waals surface area contributed by atoms with E-state index < -0.39 is 15.9 Å². The molecule has 1 N–H and O–H groups in total. The average molecular weight is 341 g/mol. The highest BCUT2D eigenvalue weighted by Crippen LogP contribution is 2.49. The number of sulfonamides is 1. The smallest absolute Gasteiger partial charge is 0.273 e. The maximum Gasteiger partial charge on any atom is 0.273 e. The predicted molar refractivity (Wildman–Crippen MR) is 84.3 cm³/mol. The maximum absolute atomic E-state index is 12.1. The summed E-state index contributed by atoms with van der Waals surface area (Å²) in [5.74, 6) is -0.444. The van der Waals surface area contributed by atoms with E-state index in [-0.39, 0.29) is 16.0 Å². The van der Waals surface area contributed by atoms with Crippen molar-refractivity contribution in [2.24, 2.45) is 5.92 Å². The molecule has 0 unspecified atom stereocenters. The summed E-state index contributed by atoms with van der Waals surface area (Å²) >= 11 is 2.84. The molecule has 21 heavy (non-hydrogen) atoms. The number of hydrogen-bond acceptors (Lipinski definition) is 5. The van der Waals surface area contributed by atoms with E-state index in [0.29, 0.717) is 0 Å². The van der Waals surface area contributed by atoms with Gasteiger partial charge >= 0.3 is 0 Å². The van der Waals surface area contributed by atoms with Crippen LogP contribution in [0.2, 0.25) is 0 Å². The van der Waals surface area contributed by atoms with Gasteiger partial charge in [-0.25, -0.2) is 13.1 Å². The number of thiophene rings is 2. The van der Waals surface area contributed by atoms with Crippen LogP contribution in [0.1, 0.15) is 27.0 Å². The largest absolute Gasteiger partial charge is 0.274 e. The zero-order valence-corrected chi connectivity index (χ0v) is 14.1. The molecule has 0 bridgehead atoms. The van der Waals surface area contributed by atoms with Gasteiger partial charge < -0.3 is 0 Å². The molecule has 1 fully saturated rings. The van der Waals surface area contributed by atoms with Crippen molar-refractivity contribution in [1.29, 1.82) is 0 Å². The SMILES string of the molecule is Cc1ccc([C@@H]2C[C@@H]2C(=O)NS(=O)(=O)c2ccc(C)s2)s1. The first-order chi connectivity index (χ1) is 9.87. The minimum atomic E-state index is -3.72. The van der Waals surface area contributed by atoms with Gasteiger partial charge in [-0.15, -0.1) is 22.7 Å². The molecule has 1 amide bonds. The number of hydrogen-bond donors (Lipinski definition) is 1. The Morgan fingerprint density at radius 3 is 2.38 bits per heavy atom. The third-order valence-corrected chi connectivity index (χ3v) is 7.44. The summed E-state index contributed by atoms with van der Waals surface area (Å²) < 4.78 is 26.6. The summed E-state index contributed by atoms with van der Waals surface area (Å²) in [6.07, 6.45) is 0.727. The Hall–Kier alpha value is -1.18. The lowest BCUT2D eigenvalue weighted by Gasteiger charge is -2.04. The normalized spacial score (nSPS) is 21.2. The van der Waals surface area contributed by atoms with Crippen LogP contribution in [0.25, 0.3) is 0 Å². The van der Waals surface area contributed by atoms with Crippen LogP contribution < -0.4 is 4.72 Å². The molecule has 1 saturated carbocycles. The first-order valence-electron chi connectivity index (χ1n) is 6.56. The van der Waals surface area contributed by atoms with Crippen LogP contribution in [-0.2, 0) is 14.8 Å². The minimum Gasteiger partial charge on any atom is -0.274 e. The lowest BCUT2D eigenvalue weighted by molar-refractivity contribution is -0.120. The second kappa shape index (κ2) is 5.23. The molecule has 3 rings (SSSR count). The zero-order valence-electron chi connectivity index (χ0n) is 11.6. The summed E-state index contributed by atoms with van der Waals surface area (Å²) in [7, 11) is -3.72. The van der Waals surface area contributed by atoms with E-state index in [0.717, 1.165) is 16.2 Å². The molecule has 2 atom stereocenters. The summed E-state index contributed by atoms with van der Waals surface area (Å²) in [4.78, 5) is 15.4. The van der Waals surface area contributed by atoms with Crippen molar-refractivity contribution in [3.05, 3.63) is 38.9 Å². The zero-order chi connectivity index (χ0) is 15.2. The second-order valence-corrected chi connectivity index (χ2v) is 9.75. The van der Waals surface area contributed by atoms with Gasteiger partial charge in [0.2, 0.25) is 5.91 Å². The summed E-state index contributed by atoms with van der Waals surface area (Å²) in [5, 5.41) is 0. The highest BCUT2D eigenvalue weighted by Gasteiger charge is 2.46. The highest BCUT2D eigenvalue weighted by molar-refractivity contribution is 7.92. The lowest BCUT2D eigenvalue weighted by Crippen LogP contribution is -2.31. The van der Waals surface area contributed by atoms with Crippen LogP contribution in [0.3, 0.4) is 0 Å². The van der Waals surface area contributed by atoms with E-state index in [4.69, 9.17) is 0 Å². The van der Waals surface area contributed by atoms with Crippen LogP contribution in [0.4, 0.5) is 0 Å². The van der Waals surface area contributed by atoms with Crippen LogP contribution in [0.15, 0.2) is 28.5 Å². The number of rotatable bonds is 4. The molecule has 0 aliphatic heterocycles. The molecule has 112 valence electrons. The molecule has 1 aliphatic carbocycles. The van der Waals surface area contributed by atoms with Gasteiger partial charge in [0.1, 0.15) is 4.21 Å². The van der Waals surface area contributed by atoms with Crippen molar-refractivity contribution >= 4 is 38.6 Å². The lowest BCUT2D eigenvalue weighted by atomic mass is 10.2. The molecule has 2 heterocycles. The average Bonchev–Trinajstić information content (AvgIpc) is 2.89. The third-order valence-electron chi connectivity index (χ3n) is 3.47. The number of carbonyl (C=O) groups is 1. The van der Waals surface area contributed by atoms with Crippen molar-refractivity contribution in [3.8, 4) is 0 Å². The van der Waals surface area contributed by atoms with E-state index in [1.165, 1.54) is 22.3 Å². The van der Waals surface area contributed by atoms with Crippen molar-refractivity contribution < 1.29 is 13.2 Å². The second-order valence-electron chi connectivity index (χ2n) is 5.23. The molecular formula is C14H15NO3S3. The fourth-order valence-electron chi connectivity index (χ4n) is 2.27. The summed E-state index contributed by atoms with van der Waals surface area (Å²) in [6.45, 7) is 3.86. The summed E-state index contributed by atoms with van der Waals surface area (Å²) in [6, 6.07) is 7.31. The Morgan fingerprint density at radius 1 is 1.14 bits per heavy atom. The van der Waals surface area contributed by atoms with Crippen LogP contribution >= 0.6 is 22.7 Å². The molecule has 0 radical (unpaired) electrons. The Morgan fingerprint density at radius 2 is 1.81 bits per heavy atom. The molecular weight excluding hydrogens is 326 g/mol. The number of aryl methyl sites for hydroxylation is 2. The van der Waals surface area contributed by atoms with Gasteiger partial charge in [0.25, 0.3) is 10.0 Å². The van der Waals surface area contributed by atoms with Crippen molar-refractivity contribution in [3.63, 3.8) is 0 Å². The molecule has 2 aromatic rings. The minimum absolute atomic E-state index is 0.170. The van der Waals surface area contributed by atoms with Crippen LogP contribution in [0.5, 0.6) is 0 Å². The van der Waals surface area contributed by atoms with Gasteiger partial charge in [0, 0.05) is 26.5 Å². The van der Waals surface area contributed by atoms with Gasteiger partial charge in [-0.1, -0.05) is 0 Å². The first kappa shape index (κ1) is 14.7. The molecule has 7 heteroatoms. The predicted octanol–water partition coefficient (Wildman–Crippen LogP) is 3.04. The van der Waals surface area contributed by atoms with E-state index in [1.807, 2.05) is 26.0 Å². The topological polar surface area (TPSA) is 63.2 Å². The molecule has 2 aromatic heterocycles. The quantitative estimate of drug-likeness (QED) is 0.930. The Labute approximate surface area is 131 Å². The maximum atomic E-state index is 12.1. The summed E-state index contributed by atoms with van der Waals surface area (Å²) in [5.41, 5.74) is 0. The van der Waals surface area contributed by atoms with Gasteiger partial charge in [-0.3, -0.25) is 4.79 Å². The van der Waals surface area contributed by atoms with Crippen molar-refractivity contribution in [2.75, 3.05) is 0 Å². The molecule has 4 nitrogen and oxygen atoms in total. The van der Waals surface area contributed by atoms with Crippen LogP contribution in [-0.4, -0.2) is 14.3 Å². The fourth-order valence-corrected chi connectivity index (χ4v) is 5.63. The number of nitrogens with one attached hydrogen (secondary N) is 1. The van der Waals surface area contributed by atoms with Gasteiger partial charge in [-0.2, -0.15) is 0 Å². The van der Waals surface area contributed by atoms with Crippen molar-refractivity contribution in [2.45, 2.75) is 30.4 Å². The molecule has 0 aromatic carbocycles. The first-order valence-corrected chi connectivity index (χ1v) is 9.68. The Bertz CT molecular complexity index is 788. The van der Waals surface area contributed by atoms with Gasteiger partial charge in [0.05, 0.1) is 0 Å². The highest BCUT2D eigenvalue weighted by atomic mass is 32.2. The van der Waals surface area contributed by atoms with E-state index in [2.05, 4.69) is 4.72 Å².